The SMILES string of the molecule is Cc1ccccc1C(C)NC(=O)NCC1(O)CCCCC1. The molecule has 0 aliphatic heterocycles. The summed E-state index contributed by atoms with van der Waals surface area (Å²) in [5.41, 5.74) is 1.56. The number of hydrogen-bond donors (Lipinski definition) is 3. The van der Waals surface area contributed by atoms with Crippen LogP contribution in [0.15, 0.2) is 24.3 Å². The predicted octanol–water partition coefficient (Wildman–Crippen LogP) is 3.05. The largest absolute Gasteiger partial charge is 0.388 e. The van der Waals surface area contributed by atoms with E-state index in [0.717, 1.165) is 36.8 Å². The van der Waals surface area contributed by atoms with Crippen molar-refractivity contribution in [3.63, 3.8) is 0 Å². The van der Waals surface area contributed by atoms with Crippen molar-refractivity contribution in [2.75, 3.05) is 6.54 Å². The molecule has 4 nitrogen and oxygen atoms in total. The number of hydrogen-bond acceptors (Lipinski definition) is 2. The molecule has 0 saturated heterocycles. The van der Waals surface area contributed by atoms with Gasteiger partial charge in [0.05, 0.1) is 11.6 Å². The molecule has 0 spiro atoms. The van der Waals surface area contributed by atoms with Crippen LogP contribution in [-0.4, -0.2) is 23.3 Å². The first kappa shape index (κ1) is 15.8. The van der Waals surface area contributed by atoms with Crippen LogP contribution in [0.3, 0.4) is 0 Å². The highest BCUT2D eigenvalue weighted by Crippen LogP contribution is 2.27. The second-order valence-corrected chi connectivity index (χ2v) is 6.19. The summed E-state index contributed by atoms with van der Waals surface area (Å²) in [6.45, 7) is 4.34. The third kappa shape index (κ3) is 4.46. The Labute approximate surface area is 126 Å². The lowest BCUT2D eigenvalue weighted by Crippen LogP contribution is -2.47. The van der Waals surface area contributed by atoms with Crippen LogP contribution in [0.2, 0.25) is 0 Å². The third-order valence-corrected chi connectivity index (χ3v) is 4.36. The minimum absolute atomic E-state index is 0.0489. The molecule has 2 amide bonds. The molecule has 2 rings (SSSR count). The van der Waals surface area contributed by atoms with E-state index in [2.05, 4.69) is 10.6 Å². The van der Waals surface area contributed by atoms with Gasteiger partial charge in [0.25, 0.3) is 0 Å². The Hall–Kier alpha value is -1.55. The van der Waals surface area contributed by atoms with Gasteiger partial charge in [0.1, 0.15) is 0 Å². The highest BCUT2D eigenvalue weighted by molar-refractivity contribution is 5.74. The van der Waals surface area contributed by atoms with Crippen LogP contribution >= 0.6 is 0 Å². The summed E-state index contributed by atoms with van der Waals surface area (Å²) in [6.07, 6.45) is 4.82. The number of carbonyl (C=O) groups is 1. The first-order valence-electron chi connectivity index (χ1n) is 7.82. The van der Waals surface area contributed by atoms with E-state index in [1.165, 1.54) is 6.42 Å². The van der Waals surface area contributed by atoms with Crippen molar-refractivity contribution in [2.24, 2.45) is 0 Å². The Kier molecular flexibility index (Phi) is 5.23. The van der Waals surface area contributed by atoms with Crippen molar-refractivity contribution < 1.29 is 9.90 Å². The standard InChI is InChI=1S/C17H26N2O2/c1-13-8-4-5-9-15(13)14(2)19-16(20)18-12-17(21)10-6-3-7-11-17/h4-5,8-9,14,21H,3,6-7,10-12H2,1-2H3,(H2,18,19,20). The molecule has 4 heteroatoms. The van der Waals surface area contributed by atoms with E-state index in [4.69, 9.17) is 0 Å². The summed E-state index contributed by atoms with van der Waals surface area (Å²) >= 11 is 0. The van der Waals surface area contributed by atoms with Gasteiger partial charge in [-0.1, -0.05) is 43.5 Å². The molecule has 1 aromatic carbocycles. The Morgan fingerprint density at radius 1 is 1.29 bits per heavy atom. The molecule has 1 fully saturated rings. The summed E-state index contributed by atoms with van der Waals surface area (Å²) in [7, 11) is 0. The number of urea groups is 1. The van der Waals surface area contributed by atoms with Gasteiger partial charge in [-0.25, -0.2) is 4.79 Å². The van der Waals surface area contributed by atoms with Crippen molar-refractivity contribution >= 4 is 6.03 Å². The summed E-state index contributed by atoms with van der Waals surface area (Å²) in [5.74, 6) is 0. The number of nitrogens with one attached hydrogen (secondary N) is 2. The fourth-order valence-corrected chi connectivity index (χ4v) is 3.03. The van der Waals surface area contributed by atoms with Crippen LogP contribution in [0.1, 0.15) is 56.2 Å². The van der Waals surface area contributed by atoms with Gasteiger partial charge in [-0.05, 0) is 37.8 Å². The molecule has 1 saturated carbocycles. The van der Waals surface area contributed by atoms with Crippen LogP contribution < -0.4 is 10.6 Å². The Bertz CT molecular complexity index is 481. The van der Waals surface area contributed by atoms with Gasteiger partial charge >= 0.3 is 6.03 Å². The first-order valence-corrected chi connectivity index (χ1v) is 7.82. The van der Waals surface area contributed by atoms with E-state index in [-0.39, 0.29) is 12.1 Å². The van der Waals surface area contributed by atoms with E-state index < -0.39 is 5.60 Å². The average molecular weight is 290 g/mol. The quantitative estimate of drug-likeness (QED) is 0.798. The van der Waals surface area contributed by atoms with Crippen molar-refractivity contribution in [1.29, 1.82) is 0 Å². The van der Waals surface area contributed by atoms with Crippen molar-refractivity contribution in [1.82, 2.24) is 10.6 Å². The Balaban J connectivity index is 1.83. The molecular weight excluding hydrogens is 264 g/mol. The molecule has 1 aliphatic rings. The van der Waals surface area contributed by atoms with Gasteiger partial charge in [0, 0.05) is 6.54 Å². The topological polar surface area (TPSA) is 61.4 Å². The van der Waals surface area contributed by atoms with Crippen LogP contribution in [0.5, 0.6) is 0 Å². The van der Waals surface area contributed by atoms with Crippen LogP contribution in [0, 0.1) is 6.92 Å². The molecule has 0 radical (unpaired) electrons. The molecule has 1 atom stereocenters. The maximum atomic E-state index is 12.0. The van der Waals surface area contributed by atoms with Gasteiger partial charge in [-0.15, -0.1) is 0 Å². The number of aliphatic hydroxyl groups is 1. The number of carbonyl (C=O) groups excluding carboxylic acids is 1. The van der Waals surface area contributed by atoms with Crippen molar-refractivity contribution in [3.05, 3.63) is 35.4 Å². The normalized spacial score (nSPS) is 18.8. The molecule has 1 aliphatic carbocycles. The smallest absolute Gasteiger partial charge is 0.315 e. The van der Waals surface area contributed by atoms with E-state index in [0.29, 0.717) is 6.54 Å². The number of benzene rings is 1. The fraction of sp³-hybridized carbons (Fsp3) is 0.588. The molecule has 116 valence electrons. The van der Waals surface area contributed by atoms with E-state index in [9.17, 15) is 9.90 Å². The van der Waals surface area contributed by atoms with E-state index >= 15 is 0 Å². The monoisotopic (exact) mass is 290 g/mol. The highest BCUT2D eigenvalue weighted by Gasteiger charge is 2.29. The summed E-state index contributed by atoms with van der Waals surface area (Å²) in [4.78, 5) is 12.0. The number of aryl methyl sites for hydroxylation is 1. The van der Waals surface area contributed by atoms with Gasteiger partial charge < -0.3 is 15.7 Å². The van der Waals surface area contributed by atoms with Crippen molar-refractivity contribution in [3.8, 4) is 0 Å². The number of rotatable bonds is 4. The Morgan fingerprint density at radius 3 is 2.62 bits per heavy atom. The minimum atomic E-state index is -0.721. The lowest BCUT2D eigenvalue weighted by molar-refractivity contribution is 0.00713. The molecule has 0 bridgehead atoms. The number of amides is 2. The highest BCUT2D eigenvalue weighted by atomic mass is 16.3. The van der Waals surface area contributed by atoms with Crippen LogP contribution in [0.4, 0.5) is 4.79 Å². The maximum Gasteiger partial charge on any atom is 0.315 e. The van der Waals surface area contributed by atoms with Gasteiger partial charge in [-0.3, -0.25) is 0 Å². The summed E-state index contributed by atoms with van der Waals surface area (Å²) in [6, 6.07) is 7.76. The lowest BCUT2D eigenvalue weighted by atomic mass is 9.85. The van der Waals surface area contributed by atoms with E-state index in [1.807, 2.05) is 38.1 Å². The lowest BCUT2D eigenvalue weighted by Gasteiger charge is -2.32. The summed E-state index contributed by atoms with van der Waals surface area (Å²) in [5, 5.41) is 16.1. The minimum Gasteiger partial charge on any atom is -0.388 e. The second-order valence-electron chi connectivity index (χ2n) is 6.19. The molecule has 3 N–H and O–H groups in total. The maximum absolute atomic E-state index is 12.0. The predicted molar refractivity (Wildman–Crippen MR) is 84.2 cm³/mol. The van der Waals surface area contributed by atoms with Gasteiger partial charge in [0.2, 0.25) is 0 Å². The first-order chi connectivity index (χ1) is 10.0. The molecule has 0 heterocycles. The van der Waals surface area contributed by atoms with E-state index in [1.54, 1.807) is 0 Å². The van der Waals surface area contributed by atoms with Crippen LogP contribution in [-0.2, 0) is 0 Å². The third-order valence-electron chi connectivity index (χ3n) is 4.36. The molecule has 1 unspecified atom stereocenters. The zero-order chi connectivity index (χ0) is 15.3. The summed E-state index contributed by atoms with van der Waals surface area (Å²) < 4.78 is 0. The molecule has 21 heavy (non-hydrogen) atoms. The fourth-order valence-electron chi connectivity index (χ4n) is 3.03. The second kappa shape index (κ2) is 6.94. The molecule has 1 aromatic rings. The van der Waals surface area contributed by atoms with Gasteiger partial charge in [-0.2, -0.15) is 0 Å². The zero-order valence-electron chi connectivity index (χ0n) is 13.0. The average Bonchev–Trinajstić information content (AvgIpc) is 2.46. The molecular formula is C17H26N2O2. The van der Waals surface area contributed by atoms with Crippen molar-refractivity contribution in [2.45, 2.75) is 57.6 Å². The molecule has 0 aromatic heterocycles. The van der Waals surface area contributed by atoms with Gasteiger partial charge in [0.15, 0.2) is 0 Å². The zero-order valence-corrected chi connectivity index (χ0v) is 13.0. The Morgan fingerprint density at radius 2 is 1.95 bits per heavy atom. The van der Waals surface area contributed by atoms with Crippen LogP contribution in [0.25, 0.3) is 0 Å².